The van der Waals surface area contributed by atoms with Crippen molar-refractivity contribution >= 4 is 27.9 Å². The maximum atomic E-state index is 6.20. The fourth-order valence-corrected chi connectivity index (χ4v) is 3.07. The van der Waals surface area contributed by atoms with Crippen LogP contribution in [0.25, 0.3) is 15.5 Å². The molecule has 0 radical (unpaired) electrons. The van der Waals surface area contributed by atoms with Crippen molar-refractivity contribution < 1.29 is 0 Å². The highest BCUT2D eigenvalue weighted by molar-refractivity contribution is 7.19. The molecule has 2 aromatic heterocycles. The number of fused-ring (bicyclic) bond motifs is 1. The molecule has 0 aliphatic carbocycles. The summed E-state index contributed by atoms with van der Waals surface area (Å²) in [6.07, 6.45) is 3.14. The molecule has 0 atom stereocenters. The summed E-state index contributed by atoms with van der Waals surface area (Å²) in [7, 11) is 0. The number of rotatable bonds is 4. The summed E-state index contributed by atoms with van der Waals surface area (Å²) in [5, 5.41) is 14.5. The Morgan fingerprint density at radius 2 is 2.11 bits per heavy atom. The number of hydrogen-bond donors (Lipinski definition) is 0. The number of unbranched alkanes of at least 4 members (excludes halogenated alkanes) is 1. The van der Waals surface area contributed by atoms with Crippen LogP contribution in [0, 0.1) is 0 Å². The Kier molecular flexibility index (Phi) is 3.48. The van der Waals surface area contributed by atoms with Gasteiger partial charge in [-0.25, -0.2) is 0 Å². The predicted octanol–water partition coefficient (Wildman–Crippen LogP) is 3.85. The molecule has 0 aliphatic heterocycles. The summed E-state index contributed by atoms with van der Waals surface area (Å²) in [5.74, 6) is 0.923. The first-order valence-electron chi connectivity index (χ1n) is 6.25. The quantitative estimate of drug-likeness (QED) is 0.733. The zero-order chi connectivity index (χ0) is 13.2. The van der Waals surface area contributed by atoms with Crippen molar-refractivity contribution in [3.63, 3.8) is 0 Å². The molecule has 0 unspecified atom stereocenters. The fourth-order valence-electron chi connectivity index (χ4n) is 1.89. The van der Waals surface area contributed by atoms with Crippen LogP contribution >= 0.6 is 22.9 Å². The summed E-state index contributed by atoms with van der Waals surface area (Å²) in [5.41, 5.74) is 0.945. The van der Waals surface area contributed by atoms with Gasteiger partial charge in [-0.3, -0.25) is 0 Å². The lowest BCUT2D eigenvalue weighted by atomic mass is 10.2. The molecule has 2 heterocycles. The van der Waals surface area contributed by atoms with Gasteiger partial charge in [-0.05, 0) is 12.5 Å². The van der Waals surface area contributed by atoms with Gasteiger partial charge in [0.1, 0.15) is 5.01 Å². The third kappa shape index (κ3) is 2.35. The number of hydrogen-bond acceptors (Lipinski definition) is 4. The number of halogens is 1. The van der Waals surface area contributed by atoms with Gasteiger partial charge in [0.15, 0.2) is 5.82 Å². The molecular weight excluding hydrogens is 280 g/mol. The highest BCUT2D eigenvalue weighted by atomic mass is 35.5. The van der Waals surface area contributed by atoms with Crippen molar-refractivity contribution in [1.29, 1.82) is 0 Å². The summed E-state index contributed by atoms with van der Waals surface area (Å²) in [6.45, 7) is 2.16. The molecule has 98 valence electrons. The third-order valence-electron chi connectivity index (χ3n) is 2.91. The van der Waals surface area contributed by atoms with Gasteiger partial charge in [0.2, 0.25) is 4.96 Å². The van der Waals surface area contributed by atoms with E-state index in [2.05, 4.69) is 22.2 Å². The number of nitrogens with zero attached hydrogens (tertiary/aromatic N) is 4. The minimum absolute atomic E-state index is 0.711. The van der Waals surface area contributed by atoms with Crippen LogP contribution < -0.4 is 0 Å². The van der Waals surface area contributed by atoms with Crippen LogP contribution in [0.15, 0.2) is 24.3 Å². The van der Waals surface area contributed by atoms with Crippen molar-refractivity contribution in [2.45, 2.75) is 26.2 Å². The second-order valence-corrected chi connectivity index (χ2v) is 5.66. The zero-order valence-corrected chi connectivity index (χ0v) is 12.1. The summed E-state index contributed by atoms with van der Waals surface area (Å²) >= 11 is 7.71. The van der Waals surface area contributed by atoms with Crippen molar-refractivity contribution in [2.75, 3.05) is 0 Å². The molecule has 0 N–H and O–H groups in total. The Morgan fingerprint density at radius 3 is 2.89 bits per heavy atom. The SMILES string of the molecule is CCCCc1nnc2sc(-c3ccccc3Cl)nn12. The average Bonchev–Trinajstić information content (AvgIpc) is 2.97. The van der Waals surface area contributed by atoms with E-state index in [0.29, 0.717) is 5.02 Å². The fraction of sp³-hybridized carbons (Fsp3) is 0.308. The molecule has 19 heavy (non-hydrogen) atoms. The molecule has 0 saturated heterocycles. The second kappa shape index (κ2) is 5.27. The van der Waals surface area contributed by atoms with Crippen molar-refractivity contribution in [3.8, 4) is 10.6 Å². The van der Waals surface area contributed by atoms with Crippen LogP contribution in [0.1, 0.15) is 25.6 Å². The lowest BCUT2D eigenvalue weighted by molar-refractivity contribution is 0.723. The van der Waals surface area contributed by atoms with Gasteiger partial charge in [-0.2, -0.15) is 9.61 Å². The minimum atomic E-state index is 0.711. The first-order chi connectivity index (χ1) is 9.29. The summed E-state index contributed by atoms with van der Waals surface area (Å²) < 4.78 is 1.83. The van der Waals surface area contributed by atoms with Gasteiger partial charge >= 0.3 is 0 Å². The number of aromatic nitrogens is 4. The normalized spacial score (nSPS) is 11.3. The Hall–Kier alpha value is -1.46. The summed E-state index contributed by atoms with van der Waals surface area (Å²) in [6, 6.07) is 7.72. The molecule has 3 aromatic rings. The molecule has 1 aromatic carbocycles. The van der Waals surface area contributed by atoms with Crippen LogP contribution in [0.5, 0.6) is 0 Å². The largest absolute Gasteiger partial charge is 0.234 e. The lowest BCUT2D eigenvalue weighted by Gasteiger charge is -1.98. The molecule has 4 nitrogen and oxygen atoms in total. The number of benzene rings is 1. The topological polar surface area (TPSA) is 43.1 Å². The molecule has 6 heteroatoms. The van der Waals surface area contributed by atoms with Crippen LogP contribution in [-0.2, 0) is 6.42 Å². The van der Waals surface area contributed by atoms with Crippen LogP contribution in [0.3, 0.4) is 0 Å². The molecule has 3 rings (SSSR count). The van der Waals surface area contributed by atoms with Gasteiger partial charge in [-0.15, -0.1) is 10.2 Å². The standard InChI is InChI=1S/C13H13ClN4S/c1-2-3-8-11-15-16-13-18(11)17-12(19-13)9-6-4-5-7-10(9)14/h4-7H,2-3,8H2,1H3. The van der Waals surface area contributed by atoms with E-state index in [4.69, 9.17) is 11.6 Å². The average molecular weight is 293 g/mol. The van der Waals surface area contributed by atoms with Gasteiger partial charge in [0.25, 0.3) is 0 Å². The van der Waals surface area contributed by atoms with Gasteiger partial charge in [0, 0.05) is 12.0 Å². The highest BCUT2D eigenvalue weighted by Gasteiger charge is 2.13. The van der Waals surface area contributed by atoms with E-state index in [1.165, 1.54) is 11.3 Å². The van der Waals surface area contributed by atoms with Crippen LogP contribution in [-0.4, -0.2) is 19.8 Å². The van der Waals surface area contributed by atoms with Crippen LogP contribution in [0.4, 0.5) is 0 Å². The van der Waals surface area contributed by atoms with Crippen molar-refractivity contribution in [2.24, 2.45) is 0 Å². The first-order valence-corrected chi connectivity index (χ1v) is 7.45. The maximum absolute atomic E-state index is 6.20. The zero-order valence-electron chi connectivity index (χ0n) is 10.5. The van der Waals surface area contributed by atoms with E-state index in [1.54, 1.807) is 0 Å². The third-order valence-corrected chi connectivity index (χ3v) is 4.18. The maximum Gasteiger partial charge on any atom is 0.234 e. The van der Waals surface area contributed by atoms with E-state index >= 15 is 0 Å². The minimum Gasteiger partial charge on any atom is -0.187 e. The lowest BCUT2D eigenvalue weighted by Crippen LogP contribution is -1.96. The molecule has 0 bridgehead atoms. The molecule has 0 aliphatic rings. The van der Waals surface area contributed by atoms with Crippen molar-refractivity contribution in [1.82, 2.24) is 19.8 Å². The second-order valence-electron chi connectivity index (χ2n) is 4.30. The first kappa shape index (κ1) is 12.6. The Balaban J connectivity index is 2.03. The van der Waals surface area contributed by atoms with Gasteiger partial charge < -0.3 is 0 Å². The molecule has 0 fully saturated rings. The van der Waals surface area contributed by atoms with E-state index < -0.39 is 0 Å². The Labute approximate surface area is 120 Å². The van der Waals surface area contributed by atoms with Crippen LogP contribution in [0.2, 0.25) is 5.02 Å². The van der Waals surface area contributed by atoms with E-state index in [9.17, 15) is 0 Å². The smallest absolute Gasteiger partial charge is 0.187 e. The highest BCUT2D eigenvalue weighted by Crippen LogP contribution is 2.31. The Morgan fingerprint density at radius 1 is 1.26 bits per heavy atom. The Bertz CT molecular complexity index is 704. The molecule has 0 spiro atoms. The van der Waals surface area contributed by atoms with Gasteiger partial charge in [-0.1, -0.05) is 54.5 Å². The monoisotopic (exact) mass is 292 g/mol. The number of aryl methyl sites for hydroxylation is 1. The van der Waals surface area contributed by atoms with E-state index in [1.807, 2.05) is 28.8 Å². The molecule has 0 saturated carbocycles. The van der Waals surface area contributed by atoms with E-state index in [-0.39, 0.29) is 0 Å². The summed E-state index contributed by atoms with van der Waals surface area (Å²) in [4.78, 5) is 0.820. The molecular formula is C13H13ClN4S. The van der Waals surface area contributed by atoms with E-state index in [0.717, 1.165) is 40.6 Å². The van der Waals surface area contributed by atoms with Crippen molar-refractivity contribution in [3.05, 3.63) is 35.1 Å². The predicted molar refractivity (Wildman–Crippen MR) is 77.7 cm³/mol. The molecule has 0 amide bonds. The van der Waals surface area contributed by atoms with Gasteiger partial charge in [0.05, 0.1) is 5.02 Å².